The van der Waals surface area contributed by atoms with Gasteiger partial charge in [0.15, 0.2) is 5.96 Å². The first-order valence-electron chi connectivity index (χ1n) is 17.4. The van der Waals surface area contributed by atoms with E-state index in [1.54, 1.807) is 20.3 Å². The first-order valence-corrected chi connectivity index (χ1v) is 17.4. The van der Waals surface area contributed by atoms with Gasteiger partial charge in [-0.3, -0.25) is 19.4 Å². The van der Waals surface area contributed by atoms with Crippen LogP contribution < -0.4 is 36.9 Å². The molecule has 286 valence electrons. The van der Waals surface area contributed by atoms with E-state index in [9.17, 15) is 19.2 Å². The molecule has 1 unspecified atom stereocenters. The minimum atomic E-state index is -1.12. The number of hydrogen-bond donors (Lipinski definition) is 5. The molecule has 1 aliphatic rings. The van der Waals surface area contributed by atoms with Crippen molar-refractivity contribution in [1.29, 1.82) is 0 Å². The van der Waals surface area contributed by atoms with Crippen LogP contribution in [0.4, 0.5) is 0 Å². The quantitative estimate of drug-likeness (QED) is 0.0583. The lowest BCUT2D eigenvalue weighted by atomic mass is 9.87. The Morgan fingerprint density at radius 3 is 2.02 bits per heavy atom. The van der Waals surface area contributed by atoms with E-state index in [0.29, 0.717) is 29.9 Å². The first-order chi connectivity index (χ1) is 25.6. The molecular weight excluding hydrogens is 712 g/mol. The molecule has 0 aromatic heterocycles. The molecule has 5 rings (SSSR count). The van der Waals surface area contributed by atoms with E-state index in [1.165, 1.54) is 14.0 Å². The van der Waals surface area contributed by atoms with Crippen molar-refractivity contribution in [3.05, 3.63) is 83.9 Å². The Hall–Kier alpha value is -5.82. The molecule has 14 heteroatoms. The molecule has 4 aromatic carbocycles. The molecule has 0 aliphatic carbocycles. The third kappa shape index (κ3) is 9.39. The fourth-order valence-corrected chi connectivity index (χ4v) is 6.83. The highest BCUT2D eigenvalue weighted by molar-refractivity contribution is 6.11. The van der Waals surface area contributed by atoms with Gasteiger partial charge < -0.3 is 41.6 Å². The zero-order valence-corrected chi connectivity index (χ0v) is 31.6. The van der Waals surface area contributed by atoms with Crippen LogP contribution in [-0.4, -0.2) is 75.7 Å². The van der Waals surface area contributed by atoms with Crippen LogP contribution in [0.3, 0.4) is 0 Å². The Morgan fingerprint density at radius 2 is 1.44 bits per heavy atom. The lowest BCUT2D eigenvalue weighted by Crippen LogP contribution is -2.56. The van der Waals surface area contributed by atoms with Crippen LogP contribution in [0, 0.1) is 0 Å². The molecule has 3 atom stereocenters. The number of amides is 3. The van der Waals surface area contributed by atoms with Crippen molar-refractivity contribution in [3.8, 4) is 22.6 Å². The number of nitrogens with two attached hydrogens (primary N) is 2. The fraction of sp³-hybridized carbons (Fsp3) is 0.325. The Bertz CT molecular complexity index is 2080. The highest BCUT2D eigenvalue weighted by Crippen LogP contribution is 2.48. The van der Waals surface area contributed by atoms with Gasteiger partial charge >= 0.3 is 5.97 Å². The fourth-order valence-electron chi connectivity index (χ4n) is 6.83. The number of ether oxygens (including phenoxy) is 3. The van der Waals surface area contributed by atoms with Crippen molar-refractivity contribution in [3.63, 3.8) is 0 Å². The highest BCUT2D eigenvalue weighted by Gasteiger charge is 2.31. The van der Waals surface area contributed by atoms with Crippen LogP contribution in [0.15, 0.2) is 77.8 Å². The molecule has 1 heterocycles. The Kier molecular flexibility index (Phi) is 14.2. The molecule has 13 nitrogen and oxygen atoms in total. The second-order valence-electron chi connectivity index (χ2n) is 12.8. The van der Waals surface area contributed by atoms with Crippen LogP contribution in [-0.2, 0) is 36.8 Å². The molecule has 0 saturated carbocycles. The SMILES string of the molecule is COC(=O)[C@@H]1C/C=C/Cc2cc3ccccc3c(c2OC)-c2c(OC)c(cc3ccccc23)CC(NC(C)=O)C(=O)N[C@H](CCCN=C(N)N)C(=O)N1.Cl. The van der Waals surface area contributed by atoms with Crippen LogP contribution in [0.25, 0.3) is 32.7 Å². The molecule has 0 radical (unpaired) electrons. The number of nitrogens with zero attached hydrogens (tertiary/aromatic N) is 1. The molecule has 7 N–H and O–H groups in total. The average molecular weight is 759 g/mol. The Morgan fingerprint density at radius 1 is 0.852 bits per heavy atom. The number of allylic oxidation sites excluding steroid dienone is 1. The number of guanidine groups is 1. The van der Waals surface area contributed by atoms with Crippen molar-refractivity contribution in [1.82, 2.24) is 16.0 Å². The molecule has 3 amide bonds. The maximum Gasteiger partial charge on any atom is 0.328 e. The molecule has 0 fully saturated rings. The number of esters is 1. The predicted octanol–water partition coefficient (Wildman–Crippen LogP) is 3.84. The summed E-state index contributed by atoms with van der Waals surface area (Å²) in [5.74, 6) is -1.28. The summed E-state index contributed by atoms with van der Waals surface area (Å²) in [6.07, 6.45) is 4.76. The van der Waals surface area contributed by atoms with Gasteiger partial charge in [0, 0.05) is 31.0 Å². The minimum absolute atomic E-state index is 0. The van der Waals surface area contributed by atoms with Crippen LogP contribution in [0.5, 0.6) is 11.5 Å². The van der Waals surface area contributed by atoms with Gasteiger partial charge in [-0.2, -0.15) is 0 Å². The molecule has 0 spiro atoms. The van der Waals surface area contributed by atoms with Gasteiger partial charge in [0.25, 0.3) is 0 Å². The van der Waals surface area contributed by atoms with Crippen molar-refractivity contribution < 1.29 is 33.4 Å². The smallest absolute Gasteiger partial charge is 0.328 e. The molecular formula is C40H47ClN6O7. The van der Waals surface area contributed by atoms with Crippen LogP contribution in [0.2, 0.25) is 0 Å². The first kappa shape index (κ1) is 40.9. The summed E-state index contributed by atoms with van der Waals surface area (Å²) in [7, 11) is 4.44. The summed E-state index contributed by atoms with van der Waals surface area (Å²) < 4.78 is 17.4. The maximum absolute atomic E-state index is 14.2. The van der Waals surface area contributed by atoms with E-state index >= 15 is 0 Å². The standard InChI is InChI=1S/C40H46N6O7.ClH/c1-23(47)44-32-22-27-21-25-13-6-9-16-29(25)34(36(27)52-3)33-28-15-8-5-12-24(28)20-26(35(33)51-2)14-7-10-17-31(39(50)53-4)46-37(48)30(45-38(32)49)18-11-19-43-40(41)42;/h5-10,12-13,15-16,20-21,30-32H,11,14,17-19,22H2,1-4H3,(H,44,47)(H,45,49)(H,46,48)(H4,41,42,43);1H/b10-7+;/t30-,31+,32?;/m1./s1. The summed E-state index contributed by atoms with van der Waals surface area (Å²) in [6.45, 7) is 1.52. The second kappa shape index (κ2) is 18.8. The monoisotopic (exact) mass is 758 g/mol. The van der Waals surface area contributed by atoms with Crippen molar-refractivity contribution in [2.75, 3.05) is 27.9 Å². The van der Waals surface area contributed by atoms with Gasteiger partial charge in [-0.05, 0) is 70.5 Å². The average Bonchev–Trinajstić information content (AvgIpc) is 3.14. The predicted molar refractivity (Wildman–Crippen MR) is 212 cm³/mol. The molecule has 54 heavy (non-hydrogen) atoms. The summed E-state index contributed by atoms with van der Waals surface area (Å²) in [5, 5.41) is 12.0. The third-order valence-electron chi connectivity index (χ3n) is 9.19. The summed E-state index contributed by atoms with van der Waals surface area (Å²) in [6, 6.07) is 16.6. The lowest BCUT2D eigenvalue weighted by molar-refractivity contribution is -0.145. The minimum Gasteiger partial charge on any atom is -0.496 e. The highest BCUT2D eigenvalue weighted by atomic mass is 35.5. The lowest BCUT2D eigenvalue weighted by Gasteiger charge is -2.26. The van der Waals surface area contributed by atoms with E-state index in [4.69, 9.17) is 25.7 Å². The number of nitrogens with one attached hydrogen (secondary N) is 3. The second-order valence-corrected chi connectivity index (χ2v) is 12.8. The van der Waals surface area contributed by atoms with Crippen molar-refractivity contribution in [2.45, 2.75) is 57.2 Å². The van der Waals surface area contributed by atoms with E-state index in [1.807, 2.05) is 60.7 Å². The van der Waals surface area contributed by atoms with Gasteiger partial charge in [0.2, 0.25) is 17.7 Å². The summed E-state index contributed by atoms with van der Waals surface area (Å²) in [5.41, 5.74) is 14.1. The van der Waals surface area contributed by atoms with Gasteiger partial charge in [-0.1, -0.05) is 60.7 Å². The number of rotatable bonds is 8. The molecule has 0 saturated heterocycles. The van der Waals surface area contributed by atoms with E-state index in [-0.39, 0.29) is 44.2 Å². The zero-order chi connectivity index (χ0) is 38.1. The van der Waals surface area contributed by atoms with Crippen LogP contribution in [0.1, 0.15) is 37.3 Å². The normalized spacial score (nSPS) is 18.1. The maximum atomic E-state index is 14.2. The Balaban J connectivity index is 0.00000650. The number of carbonyl (C=O) groups is 4. The number of halogens is 1. The van der Waals surface area contributed by atoms with Gasteiger partial charge in [0.1, 0.15) is 29.6 Å². The van der Waals surface area contributed by atoms with Gasteiger partial charge in [0.05, 0.1) is 21.3 Å². The molecule has 4 bridgehead atoms. The number of aliphatic imine (C=N–C) groups is 1. The van der Waals surface area contributed by atoms with Crippen LogP contribution >= 0.6 is 12.4 Å². The van der Waals surface area contributed by atoms with E-state index < -0.39 is 41.8 Å². The number of carbonyl (C=O) groups excluding carboxylic acids is 4. The summed E-state index contributed by atoms with van der Waals surface area (Å²) in [4.78, 5) is 57.4. The van der Waals surface area contributed by atoms with E-state index in [0.717, 1.165) is 38.2 Å². The number of hydrogen-bond acceptors (Lipinski definition) is 8. The van der Waals surface area contributed by atoms with Crippen molar-refractivity contribution >= 4 is 63.6 Å². The number of benzene rings is 4. The Labute approximate surface area is 320 Å². The van der Waals surface area contributed by atoms with Gasteiger partial charge in [-0.25, -0.2) is 4.79 Å². The van der Waals surface area contributed by atoms with E-state index in [2.05, 4.69) is 27.0 Å². The summed E-state index contributed by atoms with van der Waals surface area (Å²) >= 11 is 0. The molecule has 1 aliphatic heterocycles. The number of methoxy groups -OCH3 is 3. The van der Waals surface area contributed by atoms with Crippen molar-refractivity contribution in [2.24, 2.45) is 16.5 Å². The third-order valence-corrected chi connectivity index (χ3v) is 9.19. The zero-order valence-electron chi connectivity index (χ0n) is 30.8. The number of fused-ring (bicyclic) bond motifs is 9. The topological polar surface area (TPSA) is 196 Å². The van der Waals surface area contributed by atoms with Gasteiger partial charge in [-0.15, -0.1) is 12.4 Å². The molecule has 4 aromatic rings. The largest absolute Gasteiger partial charge is 0.496 e.